The Bertz CT molecular complexity index is 1070. The Morgan fingerprint density at radius 2 is 1.93 bits per heavy atom. The molecule has 0 saturated heterocycles. The number of amides is 1. The number of furan rings is 1. The van der Waals surface area contributed by atoms with E-state index in [9.17, 15) is 13.6 Å². The van der Waals surface area contributed by atoms with Gasteiger partial charge in [0, 0.05) is 29.2 Å². The maximum Gasteiger partial charge on any atom is 0.248 e. The Morgan fingerprint density at radius 1 is 1.19 bits per heavy atom. The molecule has 6 heteroatoms. The van der Waals surface area contributed by atoms with Crippen LogP contribution < -0.4 is 10.1 Å². The lowest BCUT2D eigenvalue weighted by molar-refractivity contribution is -0.111. The minimum Gasteiger partial charge on any atom is -0.496 e. The summed E-state index contributed by atoms with van der Waals surface area (Å²) in [6.45, 7) is 5.58. The number of ether oxygens (including phenoxy) is 1. The maximum atomic E-state index is 13.7. The number of carbonyl (C=O) groups excluding carboxylic acids is 1. The zero-order valence-electron chi connectivity index (χ0n) is 15.4. The normalized spacial score (nSPS) is 11.7. The van der Waals surface area contributed by atoms with Crippen LogP contribution in [0.4, 0.5) is 14.5 Å². The van der Waals surface area contributed by atoms with E-state index in [0.29, 0.717) is 22.5 Å². The van der Waals surface area contributed by atoms with Crippen LogP contribution in [-0.4, -0.2) is 13.0 Å². The van der Waals surface area contributed by atoms with Crippen molar-refractivity contribution in [1.29, 1.82) is 0 Å². The molecule has 3 aromatic rings. The van der Waals surface area contributed by atoms with Crippen LogP contribution in [0.1, 0.15) is 23.8 Å². The second-order valence-corrected chi connectivity index (χ2v) is 6.27. The van der Waals surface area contributed by atoms with Crippen molar-refractivity contribution in [2.75, 3.05) is 12.4 Å². The zero-order chi connectivity index (χ0) is 19.7. The fourth-order valence-corrected chi connectivity index (χ4v) is 2.88. The van der Waals surface area contributed by atoms with Crippen LogP contribution in [0.2, 0.25) is 0 Å². The molecule has 2 aromatic carbocycles. The van der Waals surface area contributed by atoms with Crippen molar-refractivity contribution in [3.8, 4) is 5.75 Å². The van der Waals surface area contributed by atoms with Crippen molar-refractivity contribution in [2.45, 2.75) is 20.8 Å². The van der Waals surface area contributed by atoms with Gasteiger partial charge in [0.25, 0.3) is 0 Å². The van der Waals surface area contributed by atoms with Crippen LogP contribution in [0.3, 0.4) is 0 Å². The third-order valence-electron chi connectivity index (χ3n) is 4.46. The van der Waals surface area contributed by atoms with Crippen molar-refractivity contribution in [3.05, 3.63) is 64.9 Å². The summed E-state index contributed by atoms with van der Waals surface area (Å²) in [5, 5.41) is 3.28. The number of hydrogen-bond acceptors (Lipinski definition) is 3. The fourth-order valence-electron chi connectivity index (χ4n) is 2.88. The first kappa shape index (κ1) is 18.6. The number of anilines is 1. The molecule has 1 N–H and O–H groups in total. The predicted octanol–water partition coefficient (Wildman–Crippen LogP) is 5.38. The van der Waals surface area contributed by atoms with Crippen molar-refractivity contribution in [2.24, 2.45) is 0 Å². The van der Waals surface area contributed by atoms with E-state index in [1.54, 1.807) is 13.0 Å². The van der Waals surface area contributed by atoms with Gasteiger partial charge in [0.15, 0.2) is 0 Å². The molecule has 0 aliphatic heterocycles. The lowest BCUT2D eigenvalue weighted by Gasteiger charge is -2.10. The van der Waals surface area contributed by atoms with Gasteiger partial charge in [0.1, 0.15) is 28.7 Å². The fraction of sp³-hybridized carbons (Fsp3) is 0.190. The van der Waals surface area contributed by atoms with E-state index in [1.807, 2.05) is 19.9 Å². The summed E-state index contributed by atoms with van der Waals surface area (Å²) in [6.07, 6.45) is 1.32. The summed E-state index contributed by atoms with van der Waals surface area (Å²) in [7, 11) is 1.53. The highest BCUT2D eigenvalue weighted by atomic mass is 19.1. The van der Waals surface area contributed by atoms with Crippen LogP contribution in [-0.2, 0) is 4.79 Å². The van der Waals surface area contributed by atoms with Gasteiger partial charge in [-0.25, -0.2) is 8.78 Å². The Kier molecular flexibility index (Phi) is 4.99. The molecule has 0 aliphatic rings. The highest BCUT2D eigenvalue weighted by Crippen LogP contribution is 2.34. The van der Waals surface area contributed by atoms with Gasteiger partial charge in [0.05, 0.1) is 12.8 Å². The molecule has 3 rings (SSSR count). The average Bonchev–Trinajstić information content (AvgIpc) is 2.90. The van der Waals surface area contributed by atoms with E-state index in [0.717, 1.165) is 34.9 Å². The Hall–Kier alpha value is -3.15. The molecule has 0 bridgehead atoms. The summed E-state index contributed by atoms with van der Waals surface area (Å²) in [5.74, 6) is -0.552. The van der Waals surface area contributed by atoms with Crippen LogP contribution in [0.15, 0.2) is 40.8 Å². The SMILES string of the molecule is COc1cc2oc(C)c(C)c2cc1/C(C)=C/C(=O)Nc1cc(F)ccc1F. The summed E-state index contributed by atoms with van der Waals surface area (Å²) in [5.41, 5.74) is 2.82. The monoisotopic (exact) mass is 371 g/mol. The maximum absolute atomic E-state index is 13.7. The third kappa shape index (κ3) is 3.69. The van der Waals surface area contributed by atoms with E-state index in [2.05, 4.69) is 5.32 Å². The number of benzene rings is 2. The Balaban J connectivity index is 1.96. The highest BCUT2D eigenvalue weighted by Gasteiger charge is 2.14. The molecule has 27 heavy (non-hydrogen) atoms. The molecule has 4 nitrogen and oxygen atoms in total. The van der Waals surface area contributed by atoms with Gasteiger partial charge in [-0.15, -0.1) is 0 Å². The smallest absolute Gasteiger partial charge is 0.248 e. The molecule has 0 aliphatic carbocycles. The van der Waals surface area contributed by atoms with E-state index >= 15 is 0 Å². The third-order valence-corrected chi connectivity index (χ3v) is 4.46. The zero-order valence-corrected chi connectivity index (χ0v) is 15.4. The molecule has 1 heterocycles. The molecule has 1 amide bonds. The van der Waals surface area contributed by atoms with Crippen LogP contribution in [0.5, 0.6) is 5.75 Å². The van der Waals surface area contributed by atoms with E-state index < -0.39 is 17.5 Å². The van der Waals surface area contributed by atoms with Gasteiger partial charge < -0.3 is 14.5 Å². The molecule has 0 fully saturated rings. The Labute approximate surface area is 155 Å². The van der Waals surface area contributed by atoms with Gasteiger partial charge in [-0.1, -0.05) is 0 Å². The van der Waals surface area contributed by atoms with Crippen molar-refractivity contribution in [3.63, 3.8) is 0 Å². The van der Waals surface area contributed by atoms with Crippen LogP contribution in [0, 0.1) is 25.5 Å². The second kappa shape index (κ2) is 7.23. The molecule has 0 saturated carbocycles. The molecule has 0 atom stereocenters. The lowest BCUT2D eigenvalue weighted by atomic mass is 10.0. The molecule has 0 spiro atoms. The van der Waals surface area contributed by atoms with Gasteiger partial charge >= 0.3 is 0 Å². The number of allylic oxidation sites excluding steroid dienone is 1. The second-order valence-electron chi connectivity index (χ2n) is 6.27. The largest absolute Gasteiger partial charge is 0.496 e. The quantitative estimate of drug-likeness (QED) is 0.627. The molecule has 0 unspecified atom stereocenters. The first-order valence-electron chi connectivity index (χ1n) is 8.32. The average molecular weight is 371 g/mol. The van der Waals surface area contributed by atoms with Crippen molar-refractivity contribution < 1.29 is 22.7 Å². The number of rotatable bonds is 4. The number of methoxy groups -OCH3 is 1. The van der Waals surface area contributed by atoms with Gasteiger partial charge in [0.2, 0.25) is 5.91 Å². The predicted molar refractivity (Wildman–Crippen MR) is 101 cm³/mol. The topological polar surface area (TPSA) is 51.5 Å². The van der Waals surface area contributed by atoms with E-state index in [-0.39, 0.29) is 5.69 Å². The van der Waals surface area contributed by atoms with E-state index in [4.69, 9.17) is 9.15 Å². The van der Waals surface area contributed by atoms with Gasteiger partial charge in [-0.05, 0) is 50.1 Å². The highest BCUT2D eigenvalue weighted by molar-refractivity contribution is 6.04. The number of fused-ring (bicyclic) bond motifs is 1. The summed E-state index contributed by atoms with van der Waals surface area (Å²) in [4.78, 5) is 12.3. The minimum absolute atomic E-state index is 0.215. The van der Waals surface area contributed by atoms with Crippen molar-refractivity contribution in [1.82, 2.24) is 0 Å². The number of hydrogen-bond donors (Lipinski definition) is 1. The summed E-state index contributed by atoms with van der Waals surface area (Å²) < 4.78 is 38.1. The first-order chi connectivity index (χ1) is 12.8. The number of halogens is 2. The molecule has 0 radical (unpaired) electrons. The standard InChI is InChI=1S/C21H19F2NO3/c1-11(7-21(25)24-18-8-14(22)5-6-17(18)23)15-9-16-12(2)13(3)27-20(16)10-19(15)26-4/h5-10H,1-4H3,(H,24,25)/b11-7+. The van der Waals surface area contributed by atoms with Gasteiger partial charge in [-0.3, -0.25) is 4.79 Å². The van der Waals surface area contributed by atoms with Crippen molar-refractivity contribution >= 4 is 28.1 Å². The summed E-state index contributed by atoms with van der Waals surface area (Å²) >= 11 is 0. The molecular weight excluding hydrogens is 352 g/mol. The number of nitrogens with one attached hydrogen (secondary N) is 1. The number of aryl methyl sites for hydroxylation is 2. The first-order valence-corrected chi connectivity index (χ1v) is 8.32. The lowest BCUT2D eigenvalue weighted by Crippen LogP contribution is -2.10. The molecular formula is C21H19F2NO3. The minimum atomic E-state index is -0.709. The number of carbonyl (C=O) groups is 1. The van der Waals surface area contributed by atoms with Gasteiger partial charge in [-0.2, -0.15) is 0 Å². The summed E-state index contributed by atoms with van der Waals surface area (Å²) in [6, 6.07) is 6.54. The van der Waals surface area contributed by atoms with Crippen LogP contribution >= 0.6 is 0 Å². The van der Waals surface area contributed by atoms with E-state index in [1.165, 1.54) is 13.2 Å². The Morgan fingerprint density at radius 3 is 2.63 bits per heavy atom. The molecule has 140 valence electrons. The molecule has 1 aromatic heterocycles. The van der Waals surface area contributed by atoms with Crippen LogP contribution in [0.25, 0.3) is 16.5 Å².